The molecule has 0 bridgehead atoms. The lowest BCUT2D eigenvalue weighted by Crippen LogP contribution is -2.36. The maximum absolute atomic E-state index is 5.21. The summed E-state index contributed by atoms with van der Waals surface area (Å²) in [6, 6.07) is 0. The number of H-pyrrole nitrogens is 1. The minimum atomic E-state index is 0.474. The Labute approximate surface area is 75.2 Å². The van der Waals surface area contributed by atoms with Gasteiger partial charge in [-0.15, -0.1) is 5.10 Å². The Hall–Kier alpha value is -1.34. The Morgan fingerprint density at radius 3 is 2.85 bits per heavy atom. The summed E-state index contributed by atoms with van der Waals surface area (Å²) in [7, 11) is 0. The first-order valence-electron chi connectivity index (χ1n) is 4.12. The highest BCUT2D eigenvalue weighted by Gasteiger charge is 2.14. The van der Waals surface area contributed by atoms with Crippen molar-refractivity contribution in [2.45, 2.75) is 0 Å². The Morgan fingerprint density at radius 1 is 1.46 bits per heavy atom. The molecular weight excluding hydrogens is 172 g/mol. The van der Waals surface area contributed by atoms with Crippen LogP contribution in [0.25, 0.3) is 0 Å². The number of aromatic amines is 1. The highest BCUT2D eigenvalue weighted by molar-refractivity contribution is 5.35. The predicted molar refractivity (Wildman–Crippen MR) is 47.2 cm³/mol. The van der Waals surface area contributed by atoms with Crippen LogP contribution in [-0.4, -0.2) is 41.5 Å². The first-order valence-corrected chi connectivity index (χ1v) is 4.12. The van der Waals surface area contributed by atoms with Gasteiger partial charge in [-0.2, -0.15) is 4.98 Å². The summed E-state index contributed by atoms with van der Waals surface area (Å²) in [6.45, 7) is 3.09. The summed E-state index contributed by atoms with van der Waals surface area (Å²) >= 11 is 0. The van der Waals surface area contributed by atoms with Gasteiger partial charge >= 0.3 is 0 Å². The van der Waals surface area contributed by atoms with Gasteiger partial charge in [-0.25, -0.2) is 10.9 Å². The Morgan fingerprint density at radius 2 is 2.23 bits per heavy atom. The summed E-state index contributed by atoms with van der Waals surface area (Å²) < 4.78 is 5.21. The second kappa shape index (κ2) is 3.58. The number of nitrogens with one attached hydrogen (secondary N) is 2. The van der Waals surface area contributed by atoms with E-state index in [1.54, 1.807) is 0 Å². The first-order chi connectivity index (χ1) is 6.40. The number of nitrogens with two attached hydrogens (primary N) is 1. The zero-order valence-electron chi connectivity index (χ0n) is 7.16. The van der Waals surface area contributed by atoms with Crippen LogP contribution in [0.15, 0.2) is 0 Å². The summed E-state index contributed by atoms with van der Waals surface area (Å²) in [4.78, 5) is 6.16. The lowest BCUT2D eigenvalue weighted by atomic mass is 10.4. The van der Waals surface area contributed by atoms with Gasteiger partial charge < -0.3 is 9.64 Å². The third kappa shape index (κ3) is 1.70. The molecule has 0 unspecified atom stereocenters. The van der Waals surface area contributed by atoms with E-state index in [-0.39, 0.29) is 0 Å². The molecule has 4 N–H and O–H groups in total. The molecule has 13 heavy (non-hydrogen) atoms. The van der Waals surface area contributed by atoms with Gasteiger partial charge in [0.05, 0.1) is 13.2 Å². The van der Waals surface area contributed by atoms with E-state index in [0.717, 1.165) is 26.3 Å². The van der Waals surface area contributed by atoms with Crippen LogP contribution in [0.4, 0.5) is 11.9 Å². The molecule has 2 heterocycles. The van der Waals surface area contributed by atoms with E-state index in [2.05, 4.69) is 20.6 Å². The molecule has 1 saturated heterocycles. The van der Waals surface area contributed by atoms with Crippen LogP contribution in [0.1, 0.15) is 0 Å². The lowest BCUT2D eigenvalue weighted by molar-refractivity contribution is 0.122. The van der Waals surface area contributed by atoms with E-state index in [1.165, 1.54) is 0 Å². The van der Waals surface area contributed by atoms with E-state index >= 15 is 0 Å². The molecule has 7 heteroatoms. The molecule has 1 aliphatic heterocycles. The second-order valence-corrected chi connectivity index (χ2v) is 2.73. The number of hydrazine groups is 1. The lowest BCUT2D eigenvalue weighted by Gasteiger charge is -2.25. The van der Waals surface area contributed by atoms with Crippen LogP contribution < -0.4 is 16.2 Å². The molecule has 72 valence electrons. The number of nitrogen functional groups attached to an aromatic ring is 1. The number of nitrogens with zero attached hydrogens (tertiary/aromatic N) is 3. The van der Waals surface area contributed by atoms with Crippen molar-refractivity contribution in [3.05, 3.63) is 0 Å². The fraction of sp³-hybridized carbons (Fsp3) is 0.667. The number of ether oxygens (including phenoxy) is 1. The molecule has 0 saturated carbocycles. The van der Waals surface area contributed by atoms with Gasteiger partial charge in [-0.1, -0.05) is 0 Å². The number of aromatic nitrogens is 3. The van der Waals surface area contributed by atoms with E-state index in [9.17, 15) is 0 Å². The quantitative estimate of drug-likeness (QED) is 0.400. The molecule has 1 aromatic rings. The third-order valence-corrected chi connectivity index (χ3v) is 1.90. The molecule has 0 atom stereocenters. The topological polar surface area (TPSA) is 92.1 Å². The molecule has 0 aromatic carbocycles. The van der Waals surface area contributed by atoms with Crippen molar-refractivity contribution in [3.63, 3.8) is 0 Å². The molecular formula is C6H12N6O. The molecule has 0 radical (unpaired) electrons. The summed E-state index contributed by atoms with van der Waals surface area (Å²) in [5.41, 5.74) is 2.40. The molecule has 0 amide bonds. The molecule has 1 aliphatic rings. The highest BCUT2D eigenvalue weighted by Crippen LogP contribution is 2.10. The van der Waals surface area contributed by atoms with Crippen molar-refractivity contribution >= 4 is 11.9 Å². The Bertz CT molecular complexity index is 268. The number of rotatable bonds is 2. The molecule has 2 rings (SSSR count). The smallest absolute Gasteiger partial charge is 0.246 e. The Kier molecular flexibility index (Phi) is 2.28. The van der Waals surface area contributed by atoms with Crippen LogP contribution in [0.3, 0.4) is 0 Å². The van der Waals surface area contributed by atoms with Gasteiger partial charge in [0.2, 0.25) is 11.9 Å². The molecule has 7 nitrogen and oxygen atoms in total. The van der Waals surface area contributed by atoms with Crippen LogP contribution in [0.5, 0.6) is 0 Å². The average molecular weight is 184 g/mol. The standard InChI is InChI=1S/C6H12N6O/c7-9-5-8-6(11-10-5)12-1-3-13-4-2-12/h1-4,7H2,(H2,8,9,10,11). The number of morpholine rings is 1. The van der Waals surface area contributed by atoms with Crippen molar-refractivity contribution in [1.82, 2.24) is 15.2 Å². The van der Waals surface area contributed by atoms with Gasteiger partial charge in [0.1, 0.15) is 0 Å². The fourth-order valence-electron chi connectivity index (χ4n) is 1.22. The second-order valence-electron chi connectivity index (χ2n) is 2.73. The van der Waals surface area contributed by atoms with E-state index in [0.29, 0.717) is 11.9 Å². The number of hydrogen-bond donors (Lipinski definition) is 3. The highest BCUT2D eigenvalue weighted by atomic mass is 16.5. The van der Waals surface area contributed by atoms with Gasteiger partial charge in [-0.05, 0) is 0 Å². The maximum atomic E-state index is 5.21. The molecule has 1 aromatic heterocycles. The van der Waals surface area contributed by atoms with Gasteiger partial charge in [0, 0.05) is 13.1 Å². The molecule has 0 spiro atoms. The maximum Gasteiger partial charge on any atom is 0.246 e. The SMILES string of the molecule is NNc1nc(N2CCOCC2)n[nH]1. The van der Waals surface area contributed by atoms with Crippen LogP contribution in [-0.2, 0) is 4.74 Å². The molecule has 0 aliphatic carbocycles. The number of anilines is 2. The van der Waals surface area contributed by atoms with E-state index < -0.39 is 0 Å². The van der Waals surface area contributed by atoms with Crippen molar-refractivity contribution in [2.24, 2.45) is 5.84 Å². The van der Waals surface area contributed by atoms with Crippen molar-refractivity contribution in [3.8, 4) is 0 Å². The fourth-order valence-corrected chi connectivity index (χ4v) is 1.22. The van der Waals surface area contributed by atoms with Crippen LogP contribution in [0.2, 0.25) is 0 Å². The Balaban J connectivity index is 2.05. The summed E-state index contributed by atoms with van der Waals surface area (Å²) in [5.74, 6) is 6.30. The minimum absolute atomic E-state index is 0.474. The van der Waals surface area contributed by atoms with E-state index in [1.807, 2.05) is 4.90 Å². The third-order valence-electron chi connectivity index (χ3n) is 1.90. The van der Waals surface area contributed by atoms with Gasteiger partial charge in [0.25, 0.3) is 0 Å². The largest absolute Gasteiger partial charge is 0.378 e. The normalized spacial score (nSPS) is 17.5. The summed E-state index contributed by atoms with van der Waals surface area (Å²) in [5, 5.41) is 6.68. The monoisotopic (exact) mass is 184 g/mol. The number of hydrogen-bond acceptors (Lipinski definition) is 6. The van der Waals surface area contributed by atoms with Crippen molar-refractivity contribution < 1.29 is 4.74 Å². The average Bonchev–Trinajstić information content (AvgIpc) is 2.67. The van der Waals surface area contributed by atoms with Crippen molar-refractivity contribution in [1.29, 1.82) is 0 Å². The van der Waals surface area contributed by atoms with Crippen LogP contribution in [0, 0.1) is 0 Å². The molecule has 1 fully saturated rings. The van der Waals surface area contributed by atoms with E-state index in [4.69, 9.17) is 10.6 Å². The predicted octanol–water partition coefficient (Wildman–Crippen LogP) is -1.07. The zero-order valence-corrected chi connectivity index (χ0v) is 7.16. The van der Waals surface area contributed by atoms with Crippen molar-refractivity contribution in [2.75, 3.05) is 36.6 Å². The summed E-state index contributed by atoms with van der Waals surface area (Å²) in [6.07, 6.45) is 0. The zero-order chi connectivity index (χ0) is 9.10. The first kappa shape index (κ1) is 8.27. The van der Waals surface area contributed by atoms with Gasteiger partial charge in [0.15, 0.2) is 0 Å². The van der Waals surface area contributed by atoms with Crippen LogP contribution >= 0.6 is 0 Å². The van der Waals surface area contributed by atoms with Gasteiger partial charge in [-0.3, -0.25) is 5.43 Å². The minimum Gasteiger partial charge on any atom is -0.378 e.